The number of hydrogen-bond acceptors (Lipinski definition) is 6. The van der Waals surface area contributed by atoms with Gasteiger partial charge in [0.15, 0.2) is 11.0 Å². The van der Waals surface area contributed by atoms with Gasteiger partial charge in [0.1, 0.15) is 12.1 Å². The fourth-order valence-electron chi connectivity index (χ4n) is 5.59. The molecule has 13 heteroatoms. The molecule has 1 N–H and O–H groups in total. The summed E-state index contributed by atoms with van der Waals surface area (Å²) in [5.41, 5.74) is 5.37. The molecular formula is C31H25F3N6O3S. The zero-order valence-electron chi connectivity index (χ0n) is 23.1. The van der Waals surface area contributed by atoms with E-state index in [1.165, 1.54) is 47.0 Å². The van der Waals surface area contributed by atoms with Gasteiger partial charge in [0.05, 0.1) is 17.1 Å². The maximum Gasteiger partial charge on any atom is 0.573 e. The molecule has 44 heavy (non-hydrogen) atoms. The molecule has 1 aromatic heterocycles. The van der Waals surface area contributed by atoms with Crippen LogP contribution in [-0.4, -0.2) is 50.0 Å². The van der Waals surface area contributed by atoms with Crippen molar-refractivity contribution in [1.29, 1.82) is 0 Å². The third-order valence-corrected chi connectivity index (χ3v) is 8.63. The predicted octanol–water partition coefficient (Wildman–Crippen LogP) is 6.02. The number of aliphatic imine (C=N–C) groups is 1. The van der Waals surface area contributed by atoms with Crippen molar-refractivity contribution < 1.29 is 27.5 Å². The lowest BCUT2D eigenvalue weighted by Crippen LogP contribution is -2.36. The van der Waals surface area contributed by atoms with Crippen LogP contribution in [0.2, 0.25) is 0 Å². The van der Waals surface area contributed by atoms with E-state index in [0.29, 0.717) is 35.4 Å². The van der Waals surface area contributed by atoms with Gasteiger partial charge < -0.3 is 10.1 Å². The van der Waals surface area contributed by atoms with E-state index in [1.807, 2.05) is 42.5 Å². The number of halogens is 3. The molecule has 1 saturated heterocycles. The number of hydrogen-bond donors (Lipinski definition) is 1. The van der Waals surface area contributed by atoms with Crippen LogP contribution in [0, 0.1) is 0 Å². The van der Waals surface area contributed by atoms with Crippen molar-refractivity contribution in [1.82, 2.24) is 20.1 Å². The summed E-state index contributed by atoms with van der Waals surface area (Å²) in [4.78, 5) is 36.0. The van der Waals surface area contributed by atoms with E-state index in [2.05, 4.69) is 25.1 Å². The number of thioether (sulfide) groups is 1. The molecule has 9 nitrogen and oxygen atoms in total. The molecule has 4 aromatic rings. The number of nitrogens with one attached hydrogen (secondary N) is 1. The largest absolute Gasteiger partial charge is 0.573 e. The molecule has 1 unspecified atom stereocenters. The Bertz CT molecular complexity index is 1780. The highest BCUT2D eigenvalue weighted by Crippen LogP contribution is 2.45. The number of rotatable bonds is 6. The Hall–Kier alpha value is -4.65. The van der Waals surface area contributed by atoms with Crippen LogP contribution < -0.4 is 15.0 Å². The van der Waals surface area contributed by atoms with E-state index in [4.69, 9.17) is 0 Å². The van der Waals surface area contributed by atoms with Gasteiger partial charge in [0.25, 0.3) is 0 Å². The molecule has 7 rings (SSSR count). The highest BCUT2D eigenvalue weighted by atomic mass is 32.2. The molecule has 1 saturated carbocycles. The van der Waals surface area contributed by atoms with Crippen LogP contribution in [0.5, 0.6) is 5.75 Å². The molecule has 1 aliphatic heterocycles. The predicted molar refractivity (Wildman–Crippen MR) is 159 cm³/mol. The Kier molecular flexibility index (Phi) is 7.11. The van der Waals surface area contributed by atoms with Crippen LogP contribution in [0.25, 0.3) is 17.1 Å². The number of nitrogens with zero attached hydrogens (tertiary/aromatic N) is 5. The summed E-state index contributed by atoms with van der Waals surface area (Å²) in [6.07, 6.45) is 0.159. The zero-order chi connectivity index (χ0) is 30.4. The van der Waals surface area contributed by atoms with Gasteiger partial charge in [0.2, 0.25) is 5.91 Å². The van der Waals surface area contributed by atoms with Crippen LogP contribution in [0.1, 0.15) is 35.4 Å². The van der Waals surface area contributed by atoms with E-state index in [-0.39, 0.29) is 23.5 Å². The van der Waals surface area contributed by atoms with Crippen LogP contribution in [0.4, 0.5) is 23.7 Å². The van der Waals surface area contributed by atoms with Crippen LogP contribution in [0.3, 0.4) is 0 Å². The molecule has 2 fully saturated rings. The number of carbonyl (C=O) groups excluding carboxylic acids is 2. The smallest absolute Gasteiger partial charge is 0.406 e. The Balaban J connectivity index is 1.01. The summed E-state index contributed by atoms with van der Waals surface area (Å²) >= 11 is 1.27. The monoisotopic (exact) mass is 618 g/mol. The number of carbonyl (C=O) groups is 2. The van der Waals surface area contributed by atoms with Crippen LogP contribution in [0.15, 0.2) is 78.0 Å². The lowest BCUT2D eigenvalue weighted by molar-refractivity contribution is -0.274. The number of urea groups is 1. The number of benzene rings is 3. The molecule has 224 valence electrons. The maximum atomic E-state index is 13.0. The normalized spacial score (nSPS) is 19.0. The summed E-state index contributed by atoms with van der Waals surface area (Å²) in [6.45, 7) is 0. The van der Waals surface area contributed by atoms with E-state index in [0.717, 1.165) is 40.8 Å². The first kappa shape index (κ1) is 28.1. The van der Waals surface area contributed by atoms with Gasteiger partial charge in [-0.2, -0.15) is 4.99 Å². The molecule has 3 aliphatic rings. The molecule has 3 amide bonds. The lowest BCUT2D eigenvalue weighted by atomic mass is 10.1. The number of amides is 3. The van der Waals surface area contributed by atoms with Gasteiger partial charge in [-0.3, -0.25) is 9.69 Å². The van der Waals surface area contributed by atoms with Crippen molar-refractivity contribution in [2.45, 2.75) is 44.0 Å². The summed E-state index contributed by atoms with van der Waals surface area (Å²) in [6, 6.07) is 18.4. The number of fused-ring (bicyclic) bond motifs is 1. The quantitative estimate of drug-likeness (QED) is 0.284. The number of aromatic nitrogens is 3. The first-order chi connectivity index (χ1) is 21.2. The molecule has 1 atom stereocenters. The molecule has 3 aromatic carbocycles. The van der Waals surface area contributed by atoms with Gasteiger partial charge in [0, 0.05) is 11.6 Å². The molecule has 0 bridgehead atoms. The highest BCUT2D eigenvalue weighted by molar-refractivity contribution is 8.15. The first-order valence-corrected chi connectivity index (χ1v) is 15.0. The minimum absolute atomic E-state index is 0.0843. The number of anilines is 1. The Morgan fingerprint density at radius 3 is 2.57 bits per heavy atom. The van der Waals surface area contributed by atoms with E-state index in [1.54, 1.807) is 4.90 Å². The zero-order valence-corrected chi connectivity index (χ0v) is 23.9. The maximum absolute atomic E-state index is 13.0. The van der Waals surface area contributed by atoms with E-state index >= 15 is 0 Å². The number of amidine groups is 1. The Labute approximate surface area is 254 Å². The van der Waals surface area contributed by atoms with Crippen LogP contribution in [-0.2, 0) is 17.6 Å². The summed E-state index contributed by atoms with van der Waals surface area (Å²) < 4.78 is 42.7. The molecule has 2 heterocycles. The SMILES string of the molecule is O=C(N=C1SCC(=O)N1c1ccccc1C1CC1)NC1Cc2ccc(-c3ncn(-c4ccc(OC(F)(F)F)cc4)n3)cc2C1. The average molecular weight is 619 g/mol. The van der Waals surface area contributed by atoms with E-state index < -0.39 is 12.4 Å². The summed E-state index contributed by atoms with van der Waals surface area (Å²) in [7, 11) is 0. The van der Waals surface area contributed by atoms with E-state index in [9.17, 15) is 22.8 Å². The van der Waals surface area contributed by atoms with Crippen molar-refractivity contribution in [3.05, 3.63) is 89.7 Å². The van der Waals surface area contributed by atoms with Crippen molar-refractivity contribution in [3.63, 3.8) is 0 Å². The highest BCUT2D eigenvalue weighted by Gasteiger charge is 2.36. The number of para-hydroxylation sites is 1. The Morgan fingerprint density at radius 2 is 1.80 bits per heavy atom. The summed E-state index contributed by atoms with van der Waals surface area (Å²) in [5.74, 6) is 0.735. The third-order valence-electron chi connectivity index (χ3n) is 7.71. The molecular weight excluding hydrogens is 593 g/mol. The third kappa shape index (κ3) is 5.91. The van der Waals surface area contributed by atoms with Gasteiger partial charge in [-0.1, -0.05) is 42.1 Å². The molecule has 0 spiro atoms. The van der Waals surface area contributed by atoms with Crippen molar-refractivity contribution in [2.75, 3.05) is 10.7 Å². The van der Waals surface area contributed by atoms with Crippen LogP contribution >= 0.6 is 11.8 Å². The molecule has 2 aliphatic carbocycles. The summed E-state index contributed by atoms with van der Waals surface area (Å²) in [5, 5.41) is 7.88. The second-order valence-corrected chi connectivity index (χ2v) is 11.8. The minimum Gasteiger partial charge on any atom is -0.406 e. The standard InChI is InChI=1S/C31H25F3N6O3S/c32-31(33,34)43-24-11-9-23(10-12-24)39-17-35-28(38-39)20-8-7-19-14-22(15-21(19)13-20)36-29(42)37-30-40(27(41)16-44-30)26-4-2-1-3-25(26)18-5-6-18/h1-4,7-13,17-18,22H,5-6,14-16H2,(H,36,42). The molecule has 0 radical (unpaired) electrons. The van der Waals surface area contributed by atoms with Gasteiger partial charge in [-0.25, -0.2) is 14.5 Å². The average Bonchev–Trinajstić information content (AvgIpc) is 3.40. The topological polar surface area (TPSA) is 102 Å². The fraction of sp³-hybridized carbons (Fsp3) is 0.258. The number of ether oxygens (including phenoxy) is 1. The fourth-order valence-corrected chi connectivity index (χ4v) is 6.44. The minimum atomic E-state index is -4.76. The van der Waals surface area contributed by atoms with Crippen molar-refractivity contribution in [2.24, 2.45) is 4.99 Å². The van der Waals surface area contributed by atoms with Crippen molar-refractivity contribution >= 4 is 34.6 Å². The van der Waals surface area contributed by atoms with Gasteiger partial charge >= 0.3 is 12.4 Å². The van der Waals surface area contributed by atoms with Gasteiger partial charge in [-0.15, -0.1) is 18.3 Å². The second kappa shape index (κ2) is 11.1. The van der Waals surface area contributed by atoms with Crippen molar-refractivity contribution in [3.8, 4) is 22.8 Å². The Morgan fingerprint density at radius 1 is 1.02 bits per heavy atom. The first-order valence-electron chi connectivity index (χ1n) is 14.0. The van der Waals surface area contributed by atoms with Gasteiger partial charge in [-0.05, 0) is 84.7 Å². The lowest BCUT2D eigenvalue weighted by Gasteiger charge is -2.20. The number of alkyl halides is 3. The second-order valence-electron chi connectivity index (χ2n) is 10.8.